The van der Waals surface area contributed by atoms with Gasteiger partial charge in [-0.25, -0.2) is 18.2 Å². The molecule has 0 aliphatic carbocycles. The number of anilines is 1. The fourth-order valence-electron chi connectivity index (χ4n) is 2.23. The van der Waals surface area contributed by atoms with Crippen LogP contribution in [0.3, 0.4) is 0 Å². The first-order chi connectivity index (χ1) is 13.3. The lowest BCUT2D eigenvalue weighted by molar-refractivity contribution is 0.0694. The summed E-state index contributed by atoms with van der Waals surface area (Å²) < 4.78 is 33.2. The van der Waals surface area contributed by atoms with E-state index in [1.54, 1.807) is 12.1 Å². The maximum absolute atomic E-state index is 12.7. The Bertz CT molecular complexity index is 1150. The molecule has 0 spiro atoms. The van der Waals surface area contributed by atoms with Crippen molar-refractivity contribution in [3.05, 3.63) is 76.4 Å². The molecule has 0 fully saturated rings. The highest BCUT2D eigenvalue weighted by molar-refractivity contribution is 7.92. The van der Waals surface area contributed by atoms with Crippen molar-refractivity contribution in [2.24, 2.45) is 0 Å². The van der Waals surface area contributed by atoms with E-state index in [0.29, 0.717) is 0 Å². The molecule has 0 bridgehead atoms. The second-order valence-electron chi connectivity index (χ2n) is 5.44. The molecule has 0 aliphatic heterocycles. The summed E-state index contributed by atoms with van der Waals surface area (Å²) in [7, 11) is -4.02. The van der Waals surface area contributed by atoms with Gasteiger partial charge in [0.15, 0.2) is 0 Å². The molecule has 0 unspecified atom stereocenters. The van der Waals surface area contributed by atoms with Gasteiger partial charge in [0.25, 0.3) is 10.0 Å². The van der Waals surface area contributed by atoms with E-state index in [4.69, 9.17) is 27.9 Å². The number of nitrogens with zero attached hydrogens (tertiary/aromatic N) is 1. The molecule has 2 N–H and O–H groups in total. The maximum Gasteiger partial charge on any atom is 0.339 e. The summed E-state index contributed by atoms with van der Waals surface area (Å²) in [6.07, 6.45) is 1.38. The van der Waals surface area contributed by atoms with Gasteiger partial charge in [-0.2, -0.15) is 0 Å². The Kier molecular flexibility index (Phi) is 5.73. The van der Waals surface area contributed by atoms with Gasteiger partial charge < -0.3 is 9.84 Å². The molecule has 10 heteroatoms. The number of aromatic carboxylic acids is 1. The average Bonchev–Trinajstić information content (AvgIpc) is 2.65. The molecule has 0 amide bonds. The number of para-hydroxylation sites is 1. The molecule has 0 saturated carbocycles. The summed E-state index contributed by atoms with van der Waals surface area (Å²) in [6.45, 7) is 0. The number of halogens is 2. The second-order valence-corrected chi connectivity index (χ2v) is 7.94. The Morgan fingerprint density at radius 3 is 2.50 bits per heavy atom. The van der Waals surface area contributed by atoms with Crippen LogP contribution in [0.2, 0.25) is 10.0 Å². The minimum absolute atomic E-state index is 0.0173. The minimum Gasteiger partial charge on any atom is -0.478 e. The molecule has 0 atom stereocenters. The van der Waals surface area contributed by atoms with Crippen LogP contribution < -0.4 is 9.46 Å². The summed E-state index contributed by atoms with van der Waals surface area (Å²) in [4.78, 5) is 15.2. The monoisotopic (exact) mass is 438 g/mol. The van der Waals surface area contributed by atoms with Gasteiger partial charge in [0.2, 0.25) is 5.88 Å². The van der Waals surface area contributed by atoms with Gasteiger partial charge in [0.1, 0.15) is 17.0 Å². The van der Waals surface area contributed by atoms with Gasteiger partial charge in [-0.05, 0) is 42.5 Å². The number of carboxylic acid groups (broad SMARTS) is 1. The zero-order valence-corrected chi connectivity index (χ0v) is 16.3. The molecule has 144 valence electrons. The SMILES string of the molecule is O=C(O)c1ccccc1Oc1ncccc1NS(=O)(=O)c1ccc(Cl)c(Cl)c1. The Morgan fingerprint density at radius 2 is 1.79 bits per heavy atom. The Balaban J connectivity index is 1.95. The van der Waals surface area contributed by atoms with Gasteiger partial charge in [-0.1, -0.05) is 35.3 Å². The number of benzene rings is 2. The second kappa shape index (κ2) is 8.05. The minimum atomic E-state index is -4.02. The molecule has 0 saturated heterocycles. The summed E-state index contributed by atoms with van der Waals surface area (Å²) in [6, 6.07) is 12.7. The van der Waals surface area contributed by atoms with E-state index in [1.165, 1.54) is 48.7 Å². The number of ether oxygens (including phenoxy) is 1. The molecule has 0 radical (unpaired) electrons. The Hall–Kier alpha value is -2.81. The standard InChI is InChI=1S/C18H12Cl2N2O5S/c19-13-8-7-11(10-14(13)20)28(25,26)22-15-5-3-9-21-17(15)27-16-6-2-1-4-12(16)18(23)24/h1-10,22H,(H,23,24). The van der Waals surface area contributed by atoms with Crippen LogP contribution >= 0.6 is 23.2 Å². The molecule has 2 aromatic carbocycles. The number of carbonyl (C=O) groups is 1. The van der Waals surface area contributed by atoms with Crippen LogP contribution in [-0.2, 0) is 10.0 Å². The molecular weight excluding hydrogens is 427 g/mol. The number of pyridine rings is 1. The highest BCUT2D eigenvalue weighted by Crippen LogP contribution is 2.32. The number of sulfonamides is 1. The van der Waals surface area contributed by atoms with E-state index in [1.807, 2.05) is 0 Å². The summed E-state index contributed by atoms with van der Waals surface area (Å²) >= 11 is 11.7. The van der Waals surface area contributed by atoms with E-state index in [9.17, 15) is 18.3 Å². The van der Waals surface area contributed by atoms with Gasteiger partial charge >= 0.3 is 5.97 Å². The lowest BCUT2D eigenvalue weighted by Gasteiger charge is -2.13. The predicted molar refractivity (Wildman–Crippen MR) is 105 cm³/mol. The zero-order valence-electron chi connectivity index (χ0n) is 14.0. The zero-order chi connectivity index (χ0) is 20.3. The van der Waals surface area contributed by atoms with Crippen LogP contribution in [0, 0.1) is 0 Å². The van der Waals surface area contributed by atoms with Crippen LogP contribution in [0.5, 0.6) is 11.6 Å². The third-order valence-electron chi connectivity index (χ3n) is 3.54. The van der Waals surface area contributed by atoms with Gasteiger partial charge in [-0.3, -0.25) is 4.72 Å². The number of hydrogen-bond acceptors (Lipinski definition) is 5. The maximum atomic E-state index is 12.7. The quantitative estimate of drug-likeness (QED) is 0.578. The van der Waals surface area contributed by atoms with Crippen molar-refractivity contribution >= 4 is 44.9 Å². The van der Waals surface area contributed by atoms with Gasteiger partial charge in [0, 0.05) is 6.20 Å². The van der Waals surface area contributed by atoms with E-state index in [0.717, 1.165) is 0 Å². The largest absolute Gasteiger partial charge is 0.478 e. The van der Waals surface area contributed by atoms with Crippen molar-refractivity contribution < 1.29 is 23.1 Å². The lowest BCUT2D eigenvalue weighted by atomic mass is 10.2. The van der Waals surface area contributed by atoms with Crippen molar-refractivity contribution in [3.63, 3.8) is 0 Å². The van der Waals surface area contributed by atoms with Crippen LogP contribution in [0.4, 0.5) is 5.69 Å². The fourth-order valence-corrected chi connectivity index (χ4v) is 3.68. The molecular formula is C18H12Cl2N2O5S. The van der Waals surface area contributed by atoms with Crippen LogP contribution in [0.1, 0.15) is 10.4 Å². The van der Waals surface area contributed by atoms with Crippen molar-refractivity contribution in [3.8, 4) is 11.6 Å². The summed E-state index contributed by atoms with van der Waals surface area (Å²) in [5.74, 6) is -1.28. The van der Waals surface area contributed by atoms with Crippen LogP contribution in [-0.4, -0.2) is 24.5 Å². The van der Waals surface area contributed by atoms with Gasteiger partial charge in [-0.15, -0.1) is 0 Å². The Morgan fingerprint density at radius 1 is 1.04 bits per heavy atom. The van der Waals surface area contributed by atoms with Crippen molar-refractivity contribution in [1.29, 1.82) is 0 Å². The van der Waals surface area contributed by atoms with Crippen LogP contribution in [0.25, 0.3) is 0 Å². The molecule has 1 aromatic heterocycles. The third kappa shape index (κ3) is 4.36. The van der Waals surface area contributed by atoms with E-state index in [2.05, 4.69) is 9.71 Å². The number of aromatic nitrogens is 1. The first kappa shape index (κ1) is 19.9. The smallest absolute Gasteiger partial charge is 0.339 e. The molecule has 3 rings (SSSR count). The summed E-state index contributed by atoms with van der Waals surface area (Å²) in [5.41, 5.74) is -0.0693. The highest BCUT2D eigenvalue weighted by Gasteiger charge is 2.20. The van der Waals surface area contributed by atoms with E-state index < -0.39 is 16.0 Å². The van der Waals surface area contributed by atoms with E-state index >= 15 is 0 Å². The number of nitrogens with one attached hydrogen (secondary N) is 1. The topological polar surface area (TPSA) is 106 Å². The fraction of sp³-hybridized carbons (Fsp3) is 0. The lowest BCUT2D eigenvalue weighted by Crippen LogP contribution is -2.14. The van der Waals surface area contributed by atoms with E-state index in [-0.39, 0.29) is 37.8 Å². The highest BCUT2D eigenvalue weighted by atomic mass is 35.5. The predicted octanol–water partition coefficient (Wildman–Crippen LogP) is 4.68. The van der Waals surface area contributed by atoms with Gasteiger partial charge in [0.05, 0.1) is 14.9 Å². The first-order valence-corrected chi connectivity index (χ1v) is 9.95. The molecule has 1 heterocycles. The molecule has 0 aliphatic rings. The molecule has 7 nitrogen and oxygen atoms in total. The molecule has 28 heavy (non-hydrogen) atoms. The summed E-state index contributed by atoms with van der Waals surface area (Å²) in [5, 5.41) is 9.57. The normalized spacial score (nSPS) is 11.1. The number of rotatable bonds is 6. The van der Waals surface area contributed by atoms with Crippen molar-refractivity contribution in [1.82, 2.24) is 4.98 Å². The number of carboxylic acids is 1. The van der Waals surface area contributed by atoms with Crippen LogP contribution in [0.15, 0.2) is 65.7 Å². The van der Waals surface area contributed by atoms with Crippen molar-refractivity contribution in [2.75, 3.05) is 4.72 Å². The first-order valence-electron chi connectivity index (χ1n) is 7.71. The molecule has 3 aromatic rings. The number of hydrogen-bond donors (Lipinski definition) is 2. The Labute approximate surface area is 170 Å². The third-order valence-corrected chi connectivity index (χ3v) is 5.64. The average molecular weight is 439 g/mol. The van der Waals surface area contributed by atoms with Crippen molar-refractivity contribution in [2.45, 2.75) is 4.90 Å².